The Morgan fingerprint density at radius 2 is 1.89 bits per heavy atom. The molecular weight excluding hydrogens is 356 g/mol. The average molecular weight is 374 g/mol. The molecule has 4 rings (SSSR count). The van der Waals surface area contributed by atoms with Crippen molar-refractivity contribution >= 4 is 39.0 Å². The number of rotatable bonds is 4. The fourth-order valence-corrected chi connectivity index (χ4v) is 3.66. The van der Waals surface area contributed by atoms with Gasteiger partial charge in [0.2, 0.25) is 0 Å². The molecule has 2 aromatic carbocycles. The molecule has 2 heterocycles. The number of pyridine rings is 1. The van der Waals surface area contributed by atoms with Gasteiger partial charge in [0.05, 0.1) is 10.2 Å². The summed E-state index contributed by atoms with van der Waals surface area (Å²) in [5.74, 6) is 0.332. The molecule has 0 spiro atoms. The Morgan fingerprint density at radius 3 is 2.63 bits per heavy atom. The molecule has 0 aliphatic carbocycles. The van der Waals surface area contributed by atoms with Crippen molar-refractivity contribution in [3.05, 3.63) is 72.4 Å². The number of amides is 1. The van der Waals surface area contributed by atoms with Gasteiger partial charge in [0.25, 0.3) is 5.91 Å². The average Bonchev–Trinajstić information content (AvgIpc) is 3.13. The van der Waals surface area contributed by atoms with Crippen LogP contribution in [-0.2, 0) is 0 Å². The van der Waals surface area contributed by atoms with Gasteiger partial charge in [-0.05, 0) is 42.5 Å². The summed E-state index contributed by atoms with van der Waals surface area (Å²) in [6.07, 6.45) is 1.74. The van der Waals surface area contributed by atoms with Gasteiger partial charge in [0.1, 0.15) is 10.8 Å². The third-order valence-corrected chi connectivity index (χ3v) is 5.26. The molecule has 0 aliphatic rings. The van der Waals surface area contributed by atoms with Crippen LogP contribution in [0.4, 0.5) is 11.5 Å². The summed E-state index contributed by atoms with van der Waals surface area (Å²) in [5.41, 5.74) is 3.49. The van der Waals surface area contributed by atoms with E-state index in [9.17, 15) is 4.79 Å². The standard InChI is InChI=1S/C21H18N4OS/c1-25(2)16-7-5-6-14(12-16)20(26)24-19-11-10-15(13-22-19)21-23-17-8-3-4-9-18(17)27-21/h3-13H,1-2H3,(H,22,24,26). The van der Waals surface area contributed by atoms with Gasteiger partial charge in [-0.25, -0.2) is 9.97 Å². The largest absolute Gasteiger partial charge is 0.378 e. The summed E-state index contributed by atoms with van der Waals surface area (Å²) in [7, 11) is 3.89. The van der Waals surface area contributed by atoms with Gasteiger partial charge in [-0.1, -0.05) is 18.2 Å². The number of carbonyl (C=O) groups excluding carboxylic acids is 1. The molecule has 6 heteroatoms. The van der Waals surface area contributed by atoms with Crippen LogP contribution in [0.15, 0.2) is 66.9 Å². The zero-order valence-electron chi connectivity index (χ0n) is 15.0. The predicted molar refractivity (Wildman–Crippen MR) is 112 cm³/mol. The summed E-state index contributed by atoms with van der Waals surface area (Å²) in [4.78, 5) is 23.4. The van der Waals surface area contributed by atoms with E-state index in [1.807, 2.05) is 61.5 Å². The van der Waals surface area contributed by atoms with Crippen LogP contribution in [0, 0.1) is 0 Å². The molecule has 2 aromatic heterocycles. The third kappa shape index (κ3) is 3.66. The zero-order valence-corrected chi connectivity index (χ0v) is 15.8. The molecule has 0 saturated heterocycles. The maximum Gasteiger partial charge on any atom is 0.256 e. The third-order valence-electron chi connectivity index (χ3n) is 4.17. The van der Waals surface area contributed by atoms with Crippen LogP contribution < -0.4 is 10.2 Å². The lowest BCUT2D eigenvalue weighted by molar-refractivity contribution is 0.102. The van der Waals surface area contributed by atoms with Crippen LogP contribution in [-0.4, -0.2) is 30.0 Å². The molecule has 4 aromatic rings. The lowest BCUT2D eigenvalue weighted by Crippen LogP contribution is -2.14. The monoisotopic (exact) mass is 374 g/mol. The highest BCUT2D eigenvalue weighted by Gasteiger charge is 2.10. The molecule has 1 N–H and O–H groups in total. The Hall–Kier alpha value is -3.25. The summed E-state index contributed by atoms with van der Waals surface area (Å²) in [6, 6.07) is 19.2. The maximum atomic E-state index is 12.5. The highest BCUT2D eigenvalue weighted by atomic mass is 32.1. The smallest absolute Gasteiger partial charge is 0.256 e. The molecule has 1 amide bonds. The molecule has 0 radical (unpaired) electrons. The fourth-order valence-electron chi connectivity index (χ4n) is 2.70. The number of thiazole rings is 1. The van der Waals surface area contributed by atoms with Crippen LogP contribution in [0.25, 0.3) is 20.8 Å². The fraction of sp³-hybridized carbons (Fsp3) is 0.0952. The van der Waals surface area contributed by atoms with E-state index in [0.29, 0.717) is 11.4 Å². The molecule has 134 valence electrons. The van der Waals surface area contributed by atoms with E-state index < -0.39 is 0 Å². The second-order valence-electron chi connectivity index (χ2n) is 6.32. The Bertz CT molecular complexity index is 1070. The number of para-hydroxylation sites is 1. The van der Waals surface area contributed by atoms with E-state index >= 15 is 0 Å². The van der Waals surface area contributed by atoms with Gasteiger partial charge >= 0.3 is 0 Å². The SMILES string of the molecule is CN(C)c1cccc(C(=O)Nc2ccc(-c3nc4ccccc4s3)cn2)c1. The Kier molecular flexibility index (Phi) is 4.56. The van der Waals surface area contributed by atoms with Crippen LogP contribution in [0.1, 0.15) is 10.4 Å². The van der Waals surface area contributed by atoms with Crippen molar-refractivity contribution in [2.75, 3.05) is 24.3 Å². The Labute approximate surface area is 161 Å². The lowest BCUT2D eigenvalue weighted by Gasteiger charge is -2.13. The number of aromatic nitrogens is 2. The molecule has 0 unspecified atom stereocenters. The van der Waals surface area contributed by atoms with Crippen molar-refractivity contribution in [1.29, 1.82) is 0 Å². The van der Waals surface area contributed by atoms with E-state index in [4.69, 9.17) is 0 Å². The van der Waals surface area contributed by atoms with Crippen LogP contribution >= 0.6 is 11.3 Å². The second-order valence-corrected chi connectivity index (χ2v) is 7.35. The second kappa shape index (κ2) is 7.17. The van der Waals surface area contributed by atoms with E-state index in [2.05, 4.69) is 21.4 Å². The molecule has 5 nitrogen and oxygen atoms in total. The highest BCUT2D eigenvalue weighted by molar-refractivity contribution is 7.21. The van der Waals surface area contributed by atoms with E-state index in [1.54, 1.807) is 29.7 Å². The first-order chi connectivity index (χ1) is 13.1. The minimum absolute atomic E-state index is 0.182. The van der Waals surface area contributed by atoms with Crippen molar-refractivity contribution in [3.8, 4) is 10.6 Å². The molecular formula is C21H18N4OS. The van der Waals surface area contributed by atoms with Crippen molar-refractivity contribution < 1.29 is 4.79 Å². The molecule has 0 atom stereocenters. The zero-order chi connectivity index (χ0) is 18.8. The first kappa shape index (κ1) is 17.2. The number of fused-ring (bicyclic) bond motifs is 1. The van der Waals surface area contributed by atoms with Crippen LogP contribution in [0.2, 0.25) is 0 Å². The minimum Gasteiger partial charge on any atom is -0.378 e. The lowest BCUT2D eigenvalue weighted by atomic mass is 10.2. The summed E-state index contributed by atoms with van der Waals surface area (Å²) >= 11 is 1.63. The van der Waals surface area contributed by atoms with Crippen LogP contribution in [0.5, 0.6) is 0 Å². The predicted octanol–water partition coefficient (Wildman–Crippen LogP) is 4.68. The topological polar surface area (TPSA) is 58.1 Å². The van der Waals surface area contributed by atoms with E-state index in [-0.39, 0.29) is 5.91 Å². The number of nitrogens with zero attached hydrogens (tertiary/aromatic N) is 3. The number of hydrogen-bond donors (Lipinski definition) is 1. The summed E-state index contributed by atoms with van der Waals surface area (Å²) in [6.45, 7) is 0. The number of carbonyl (C=O) groups is 1. The first-order valence-corrected chi connectivity index (χ1v) is 9.32. The molecule has 0 saturated carbocycles. The summed E-state index contributed by atoms with van der Waals surface area (Å²) in [5, 5.41) is 3.76. The first-order valence-electron chi connectivity index (χ1n) is 8.51. The van der Waals surface area contributed by atoms with Gasteiger partial charge < -0.3 is 10.2 Å². The van der Waals surface area contributed by atoms with Crippen molar-refractivity contribution in [2.24, 2.45) is 0 Å². The quantitative estimate of drug-likeness (QED) is 0.564. The molecule has 0 fully saturated rings. The van der Waals surface area contributed by atoms with Crippen molar-refractivity contribution in [3.63, 3.8) is 0 Å². The molecule has 27 heavy (non-hydrogen) atoms. The minimum atomic E-state index is -0.182. The van der Waals surface area contributed by atoms with Crippen molar-refractivity contribution in [2.45, 2.75) is 0 Å². The maximum absolute atomic E-state index is 12.5. The molecule has 0 bridgehead atoms. The van der Waals surface area contributed by atoms with Gasteiger partial charge in [0, 0.05) is 37.1 Å². The highest BCUT2D eigenvalue weighted by Crippen LogP contribution is 2.29. The van der Waals surface area contributed by atoms with Gasteiger partial charge in [-0.2, -0.15) is 0 Å². The normalized spacial score (nSPS) is 10.7. The van der Waals surface area contributed by atoms with E-state index in [0.717, 1.165) is 26.5 Å². The summed E-state index contributed by atoms with van der Waals surface area (Å²) < 4.78 is 1.14. The van der Waals surface area contributed by atoms with E-state index in [1.165, 1.54) is 0 Å². The number of anilines is 2. The van der Waals surface area contributed by atoms with Gasteiger partial charge in [-0.15, -0.1) is 11.3 Å². The number of benzene rings is 2. The number of nitrogens with one attached hydrogen (secondary N) is 1. The Morgan fingerprint density at radius 1 is 1.04 bits per heavy atom. The van der Waals surface area contributed by atoms with Gasteiger partial charge in [0.15, 0.2) is 0 Å². The van der Waals surface area contributed by atoms with Crippen molar-refractivity contribution in [1.82, 2.24) is 9.97 Å². The Balaban J connectivity index is 1.52. The molecule has 0 aliphatic heterocycles. The van der Waals surface area contributed by atoms with Crippen LogP contribution in [0.3, 0.4) is 0 Å². The van der Waals surface area contributed by atoms with Gasteiger partial charge in [-0.3, -0.25) is 4.79 Å². The number of hydrogen-bond acceptors (Lipinski definition) is 5.